The van der Waals surface area contributed by atoms with Crippen molar-refractivity contribution in [3.63, 3.8) is 0 Å². The van der Waals surface area contributed by atoms with Gasteiger partial charge in [-0.05, 0) is 37.4 Å². The van der Waals surface area contributed by atoms with Crippen LogP contribution in [0.5, 0.6) is 0 Å². The highest BCUT2D eigenvalue weighted by atomic mass is 16.4. The molecule has 1 aromatic carbocycles. The zero-order chi connectivity index (χ0) is 13.9. The summed E-state index contributed by atoms with van der Waals surface area (Å²) >= 11 is 0. The van der Waals surface area contributed by atoms with E-state index in [1.807, 2.05) is 18.3 Å². The number of carboxylic acids is 1. The van der Waals surface area contributed by atoms with E-state index in [0.29, 0.717) is 0 Å². The maximum Gasteiger partial charge on any atom is 0.308 e. The van der Waals surface area contributed by atoms with E-state index < -0.39 is 5.97 Å². The molecule has 2 atom stereocenters. The summed E-state index contributed by atoms with van der Waals surface area (Å²) in [5, 5.41) is 13.5. The molecule has 1 fully saturated rings. The first-order chi connectivity index (χ1) is 9.75. The Morgan fingerprint density at radius 2 is 2.15 bits per heavy atom. The van der Waals surface area contributed by atoms with Crippen LogP contribution < -0.4 is 5.32 Å². The first kappa shape index (κ1) is 13.1. The van der Waals surface area contributed by atoms with E-state index in [-0.39, 0.29) is 12.0 Å². The summed E-state index contributed by atoms with van der Waals surface area (Å²) in [6.45, 7) is 0.796. The fourth-order valence-corrected chi connectivity index (χ4v) is 2.80. The van der Waals surface area contributed by atoms with Crippen molar-refractivity contribution in [2.75, 3.05) is 6.54 Å². The third-order valence-corrected chi connectivity index (χ3v) is 4.11. The molecule has 2 N–H and O–H groups in total. The molecule has 0 amide bonds. The van der Waals surface area contributed by atoms with E-state index >= 15 is 0 Å². The molecule has 4 heteroatoms. The second-order valence-corrected chi connectivity index (χ2v) is 5.32. The topological polar surface area (TPSA) is 62.2 Å². The van der Waals surface area contributed by atoms with Gasteiger partial charge in [0.1, 0.15) is 0 Å². The molecule has 1 aliphatic rings. The number of hydrogen-bond acceptors (Lipinski definition) is 3. The molecule has 1 aliphatic carbocycles. The van der Waals surface area contributed by atoms with Crippen LogP contribution in [0.1, 0.15) is 18.4 Å². The number of nitrogens with one attached hydrogen (secondary N) is 1. The molecule has 20 heavy (non-hydrogen) atoms. The standard InChI is InChI=1S/C16H18N2O2/c19-16(20)13-6-7-14(13)17-10-8-12-4-1-3-11-5-2-9-18-15(11)12/h1-5,9,13-14,17H,6-8,10H2,(H,19,20). The molecule has 0 aliphatic heterocycles. The van der Waals surface area contributed by atoms with Gasteiger partial charge in [-0.3, -0.25) is 9.78 Å². The number of benzene rings is 1. The number of rotatable bonds is 5. The van der Waals surface area contributed by atoms with E-state index in [9.17, 15) is 4.79 Å². The molecular weight excluding hydrogens is 252 g/mol. The number of carbonyl (C=O) groups is 1. The van der Waals surface area contributed by atoms with Crippen molar-refractivity contribution in [2.24, 2.45) is 5.92 Å². The molecule has 104 valence electrons. The lowest BCUT2D eigenvalue weighted by atomic mass is 9.79. The smallest absolute Gasteiger partial charge is 0.308 e. The molecule has 0 bridgehead atoms. The van der Waals surface area contributed by atoms with Crippen LogP contribution in [-0.4, -0.2) is 28.6 Å². The van der Waals surface area contributed by atoms with Crippen molar-refractivity contribution in [3.05, 3.63) is 42.1 Å². The number of aliphatic carboxylic acids is 1. The highest BCUT2D eigenvalue weighted by molar-refractivity contribution is 5.81. The lowest BCUT2D eigenvalue weighted by Gasteiger charge is -2.34. The van der Waals surface area contributed by atoms with Crippen LogP contribution in [-0.2, 0) is 11.2 Å². The van der Waals surface area contributed by atoms with E-state index in [2.05, 4.69) is 28.5 Å². The first-order valence-corrected chi connectivity index (χ1v) is 7.04. The minimum Gasteiger partial charge on any atom is -0.481 e. The average Bonchev–Trinajstić information content (AvgIpc) is 2.41. The Kier molecular flexibility index (Phi) is 3.65. The fourth-order valence-electron chi connectivity index (χ4n) is 2.80. The van der Waals surface area contributed by atoms with Crippen molar-refractivity contribution in [1.29, 1.82) is 0 Å². The first-order valence-electron chi connectivity index (χ1n) is 7.04. The molecule has 0 spiro atoms. The van der Waals surface area contributed by atoms with Gasteiger partial charge in [-0.15, -0.1) is 0 Å². The molecular formula is C16H18N2O2. The van der Waals surface area contributed by atoms with Gasteiger partial charge in [0.05, 0.1) is 11.4 Å². The summed E-state index contributed by atoms with van der Waals surface area (Å²) in [6, 6.07) is 10.3. The van der Waals surface area contributed by atoms with Gasteiger partial charge in [-0.1, -0.05) is 24.3 Å². The van der Waals surface area contributed by atoms with Gasteiger partial charge in [0.2, 0.25) is 0 Å². The van der Waals surface area contributed by atoms with Crippen molar-refractivity contribution < 1.29 is 9.90 Å². The number of nitrogens with zero attached hydrogens (tertiary/aromatic N) is 1. The predicted molar refractivity (Wildman–Crippen MR) is 77.6 cm³/mol. The quantitative estimate of drug-likeness (QED) is 0.874. The molecule has 3 rings (SSSR count). The highest BCUT2D eigenvalue weighted by Crippen LogP contribution is 2.27. The second-order valence-electron chi connectivity index (χ2n) is 5.32. The van der Waals surface area contributed by atoms with Crippen LogP contribution in [0.25, 0.3) is 10.9 Å². The van der Waals surface area contributed by atoms with Gasteiger partial charge >= 0.3 is 5.97 Å². The number of fused-ring (bicyclic) bond motifs is 1. The van der Waals surface area contributed by atoms with E-state index in [1.165, 1.54) is 5.56 Å². The van der Waals surface area contributed by atoms with E-state index in [0.717, 1.165) is 36.7 Å². The van der Waals surface area contributed by atoms with Gasteiger partial charge in [0.25, 0.3) is 0 Å². The van der Waals surface area contributed by atoms with Gasteiger partial charge < -0.3 is 10.4 Å². The summed E-state index contributed by atoms with van der Waals surface area (Å²) in [5.41, 5.74) is 2.25. The zero-order valence-electron chi connectivity index (χ0n) is 11.2. The molecule has 1 saturated carbocycles. The summed E-state index contributed by atoms with van der Waals surface area (Å²) in [5.74, 6) is -0.888. The Hall–Kier alpha value is -1.94. The molecule has 4 nitrogen and oxygen atoms in total. The fraction of sp³-hybridized carbons (Fsp3) is 0.375. The van der Waals surface area contributed by atoms with E-state index in [1.54, 1.807) is 0 Å². The minimum absolute atomic E-state index is 0.135. The Labute approximate surface area is 117 Å². The van der Waals surface area contributed by atoms with Gasteiger partial charge in [-0.2, -0.15) is 0 Å². The number of pyridine rings is 1. The number of aromatic nitrogens is 1. The minimum atomic E-state index is -0.680. The van der Waals surface area contributed by atoms with Gasteiger partial charge in [0.15, 0.2) is 0 Å². The van der Waals surface area contributed by atoms with Crippen molar-refractivity contribution in [1.82, 2.24) is 10.3 Å². The van der Waals surface area contributed by atoms with Gasteiger partial charge in [-0.25, -0.2) is 0 Å². The summed E-state index contributed by atoms with van der Waals surface area (Å²) in [6.07, 6.45) is 4.44. The van der Waals surface area contributed by atoms with Crippen LogP contribution in [0.3, 0.4) is 0 Å². The average molecular weight is 270 g/mol. The molecule has 2 aromatic rings. The number of para-hydroxylation sites is 1. The van der Waals surface area contributed by atoms with E-state index in [4.69, 9.17) is 5.11 Å². The third-order valence-electron chi connectivity index (χ3n) is 4.11. The molecule has 0 radical (unpaired) electrons. The predicted octanol–water partition coefficient (Wildman–Crippen LogP) is 2.23. The maximum atomic E-state index is 10.9. The van der Waals surface area contributed by atoms with Crippen LogP contribution in [0.4, 0.5) is 0 Å². The lowest BCUT2D eigenvalue weighted by molar-refractivity contribution is -0.146. The largest absolute Gasteiger partial charge is 0.481 e. The maximum absolute atomic E-state index is 10.9. The zero-order valence-corrected chi connectivity index (χ0v) is 11.2. The third kappa shape index (κ3) is 2.51. The Morgan fingerprint density at radius 3 is 2.90 bits per heavy atom. The van der Waals surface area contributed by atoms with Crippen LogP contribution in [0, 0.1) is 5.92 Å². The molecule has 1 aromatic heterocycles. The van der Waals surface area contributed by atoms with Crippen LogP contribution >= 0.6 is 0 Å². The van der Waals surface area contributed by atoms with Crippen molar-refractivity contribution in [2.45, 2.75) is 25.3 Å². The molecule has 2 unspecified atom stereocenters. The Morgan fingerprint density at radius 1 is 1.30 bits per heavy atom. The van der Waals surface area contributed by atoms with Crippen LogP contribution in [0.15, 0.2) is 36.5 Å². The lowest BCUT2D eigenvalue weighted by Crippen LogP contribution is -2.48. The SMILES string of the molecule is O=C(O)C1CCC1NCCc1cccc2cccnc12. The Balaban J connectivity index is 1.62. The summed E-state index contributed by atoms with van der Waals surface area (Å²) < 4.78 is 0. The number of carboxylic acid groups (broad SMARTS) is 1. The summed E-state index contributed by atoms with van der Waals surface area (Å²) in [4.78, 5) is 15.4. The molecule has 1 heterocycles. The van der Waals surface area contributed by atoms with Crippen molar-refractivity contribution in [3.8, 4) is 0 Å². The van der Waals surface area contributed by atoms with Crippen LogP contribution in [0.2, 0.25) is 0 Å². The normalized spacial score (nSPS) is 21.6. The van der Waals surface area contributed by atoms with Gasteiger partial charge in [0, 0.05) is 17.6 Å². The molecule has 0 saturated heterocycles. The monoisotopic (exact) mass is 270 g/mol. The highest BCUT2D eigenvalue weighted by Gasteiger charge is 2.35. The number of hydrogen-bond donors (Lipinski definition) is 2. The second kappa shape index (κ2) is 5.59. The Bertz CT molecular complexity index is 621. The van der Waals surface area contributed by atoms with Crippen molar-refractivity contribution >= 4 is 16.9 Å². The summed E-state index contributed by atoms with van der Waals surface area (Å²) in [7, 11) is 0.